The van der Waals surface area contributed by atoms with E-state index in [1.807, 2.05) is 42.5 Å². The van der Waals surface area contributed by atoms with E-state index in [-0.39, 0.29) is 11.7 Å². The lowest BCUT2D eigenvalue weighted by molar-refractivity contribution is -0.124. The Kier molecular flexibility index (Phi) is 2.81. The molecule has 2 aromatic rings. The summed E-state index contributed by atoms with van der Waals surface area (Å²) in [7, 11) is 1.70. The van der Waals surface area contributed by atoms with Crippen molar-refractivity contribution in [2.75, 3.05) is 7.05 Å². The second-order valence-electron chi connectivity index (χ2n) is 5.74. The normalized spacial score (nSPS) is 19.0. The highest BCUT2D eigenvalue weighted by Crippen LogP contribution is 2.31. The maximum atomic E-state index is 12.6. The van der Waals surface area contributed by atoms with Crippen LogP contribution in [0.25, 0.3) is 10.8 Å². The Hall–Kier alpha value is -3.01. The fourth-order valence-corrected chi connectivity index (χ4v) is 2.97. The predicted octanol–water partition coefficient (Wildman–Crippen LogP) is 2.49. The molecule has 1 spiro atoms. The highest BCUT2D eigenvalue weighted by molar-refractivity contribution is 6.47. The summed E-state index contributed by atoms with van der Waals surface area (Å²) in [6.45, 7) is 0. The molecule has 0 aromatic heterocycles. The van der Waals surface area contributed by atoms with Crippen LogP contribution in [0.2, 0.25) is 0 Å². The lowest BCUT2D eigenvalue weighted by Gasteiger charge is -2.28. The van der Waals surface area contributed by atoms with Gasteiger partial charge in [-0.2, -0.15) is 0 Å². The van der Waals surface area contributed by atoms with Crippen LogP contribution in [-0.4, -0.2) is 35.0 Å². The lowest BCUT2D eigenvalue weighted by atomic mass is 10.0. The molecule has 1 aliphatic carbocycles. The van der Waals surface area contributed by atoms with Crippen LogP contribution < -0.4 is 0 Å². The number of amides is 1. The lowest BCUT2D eigenvalue weighted by Crippen LogP contribution is -2.42. The third-order valence-corrected chi connectivity index (χ3v) is 4.34. The van der Waals surface area contributed by atoms with E-state index in [0.29, 0.717) is 5.71 Å². The topological polar surface area (TPSA) is 49.7 Å². The van der Waals surface area contributed by atoms with E-state index >= 15 is 0 Å². The molecule has 0 atom stereocenters. The fraction of sp³-hybridized carbons (Fsp3) is 0.105. The van der Waals surface area contributed by atoms with Gasteiger partial charge in [-0.3, -0.25) is 9.59 Å². The number of carbonyl (C=O) groups excluding carboxylic acids is 2. The molecule has 0 N–H and O–H groups in total. The number of fused-ring (bicyclic) bond motifs is 1. The Bertz CT molecular complexity index is 921. The van der Waals surface area contributed by atoms with Gasteiger partial charge in [0, 0.05) is 12.6 Å². The first-order valence-electron chi connectivity index (χ1n) is 7.39. The molecule has 0 saturated heterocycles. The van der Waals surface area contributed by atoms with Gasteiger partial charge in [-0.25, -0.2) is 4.99 Å². The van der Waals surface area contributed by atoms with Crippen LogP contribution in [-0.2, 0) is 9.59 Å². The van der Waals surface area contributed by atoms with E-state index in [4.69, 9.17) is 0 Å². The Balaban J connectivity index is 1.84. The Morgan fingerprint density at radius 1 is 0.957 bits per heavy atom. The number of rotatable bonds is 1. The molecule has 1 aliphatic heterocycles. The van der Waals surface area contributed by atoms with Crippen molar-refractivity contribution < 1.29 is 9.59 Å². The summed E-state index contributed by atoms with van der Waals surface area (Å²) in [5.74, 6) is -0.241. The predicted molar refractivity (Wildman–Crippen MR) is 89.3 cm³/mol. The summed E-state index contributed by atoms with van der Waals surface area (Å²) >= 11 is 0. The van der Waals surface area contributed by atoms with Gasteiger partial charge in [0.05, 0.1) is 0 Å². The molecule has 4 nitrogen and oxygen atoms in total. The van der Waals surface area contributed by atoms with Crippen molar-refractivity contribution in [3.05, 3.63) is 72.3 Å². The van der Waals surface area contributed by atoms with E-state index in [2.05, 4.69) is 4.99 Å². The van der Waals surface area contributed by atoms with Crippen LogP contribution >= 0.6 is 0 Å². The largest absolute Gasteiger partial charge is 0.309 e. The van der Waals surface area contributed by atoms with Crippen molar-refractivity contribution in [2.24, 2.45) is 4.99 Å². The van der Waals surface area contributed by atoms with Crippen molar-refractivity contribution in [1.29, 1.82) is 0 Å². The van der Waals surface area contributed by atoms with Crippen LogP contribution in [0.15, 0.2) is 71.8 Å². The van der Waals surface area contributed by atoms with E-state index in [0.717, 1.165) is 16.3 Å². The first-order chi connectivity index (χ1) is 11.1. The number of benzene rings is 2. The average molecular weight is 302 g/mol. The Labute approximate surface area is 133 Å². The van der Waals surface area contributed by atoms with Crippen LogP contribution in [0.3, 0.4) is 0 Å². The summed E-state index contributed by atoms with van der Waals surface area (Å²) in [5.41, 5.74) is 0.324. The van der Waals surface area contributed by atoms with E-state index in [1.165, 1.54) is 12.2 Å². The second kappa shape index (κ2) is 4.74. The minimum atomic E-state index is -0.883. The molecule has 23 heavy (non-hydrogen) atoms. The minimum Gasteiger partial charge on any atom is -0.309 e. The van der Waals surface area contributed by atoms with Gasteiger partial charge in [0.15, 0.2) is 11.4 Å². The van der Waals surface area contributed by atoms with Crippen molar-refractivity contribution in [3.63, 3.8) is 0 Å². The molecule has 2 aromatic carbocycles. The number of allylic oxidation sites excluding steroid dienone is 2. The summed E-state index contributed by atoms with van der Waals surface area (Å²) < 4.78 is 0. The zero-order valence-electron chi connectivity index (χ0n) is 12.6. The van der Waals surface area contributed by atoms with Crippen molar-refractivity contribution in [3.8, 4) is 0 Å². The van der Waals surface area contributed by atoms with Crippen molar-refractivity contribution in [2.45, 2.75) is 5.66 Å². The first kappa shape index (κ1) is 13.6. The van der Waals surface area contributed by atoms with E-state index in [9.17, 15) is 9.59 Å². The Morgan fingerprint density at radius 3 is 2.39 bits per heavy atom. The molecule has 0 radical (unpaired) electrons. The van der Waals surface area contributed by atoms with Crippen LogP contribution in [0.4, 0.5) is 0 Å². The average Bonchev–Trinajstić information content (AvgIpc) is 2.83. The third kappa shape index (κ3) is 2.03. The number of aliphatic imine (C=N–C) groups is 1. The fourth-order valence-electron chi connectivity index (χ4n) is 2.97. The summed E-state index contributed by atoms with van der Waals surface area (Å²) in [6.07, 6.45) is 6.25. The number of likely N-dealkylation sites (N-methyl/N-ethyl adjacent to an activating group) is 1. The van der Waals surface area contributed by atoms with E-state index < -0.39 is 5.66 Å². The zero-order chi connectivity index (χ0) is 16.0. The van der Waals surface area contributed by atoms with E-state index in [1.54, 1.807) is 24.1 Å². The molecule has 112 valence electrons. The molecule has 4 rings (SSSR count). The van der Waals surface area contributed by atoms with Gasteiger partial charge in [-0.15, -0.1) is 0 Å². The summed E-state index contributed by atoms with van der Waals surface area (Å²) in [4.78, 5) is 30.2. The van der Waals surface area contributed by atoms with Gasteiger partial charge in [0.1, 0.15) is 5.71 Å². The smallest absolute Gasteiger partial charge is 0.274 e. The number of hydrogen-bond donors (Lipinski definition) is 0. The number of ketones is 1. The first-order valence-corrected chi connectivity index (χ1v) is 7.39. The molecule has 0 saturated carbocycles. The minimum absolute atomic E-state index is 0.0918. The van der Waals surface area contributed by atoms with Crippen molar-refractivity contribution in [1.82, 2.24) is 4.90 Å². The highest BCUT2D eigenvalue weighted by Gasteiger charge is 2.42. The van der Waals surface area contributed by atoms with Gasteiger partial charge in [-0.05, 0) is 41.1 Å². The molecule has 1 heterocycles. The van der Waals surface area contributed by atoms with Crippen LogP contribution in [0.1, 0.15) is 5.56 Å². The SMILES string of the molecule is CN1C(=O)C(c2ccc3ccccc3c2)=NC12C=CC(=O)C=C2. The van der Waals surface area contributed by atoms with Gasteiger partial charge < -0.3 is 4.90 Å². The summed E-state index contributed by atoms with van der Waals surface area (Å²) in [5, 5.41) is 2.18. The quantitative estimate of drug-likeness (QED) is 0.812. The molecule has 2 aliphatic rings. The molecule has 1 amide bonds. The molecule has 0 bridgehead atoms. The monoisotopic (exact) mass is 302 g/mol. The number of nitrogens with zero attached hydrogens (tertiary/aromatic N) is 2. The van der Waals surface area contributed by atoms with Crippen LogP contribution in [0.5, 0.6) is 0 Å². The maximum absolute atomic E-state index is 12.6. The van der Waals surface area contributed by atoms with Gasteiger partial charge >= 0.3 is 0 Å². The molecule has 0 fully saturated rings. The van der Waals surface area contributed by atoms with Gasteiger partial charge in [-0.1, -0.05) is 36.4 Å². The standard InChI is InChI=1S/C19H14N2O2/c1-21-18(23)17(20-19(21)10-8-16(22)9-11-19)15-7-6-13-4-2-3-5-14(13)12-15/h2-12H,1H3. The molecule has 0 unspecified atom stereocenters. The third-order valence-electron chi connectivity index (χ3n) is 4.34. The van der Waals surface area contributed by atoms with Crippen LogP contribution in [0, 0.1) is 0 Å². The number of hydrogen-bond acceptors (Lipinski definition) is 3. The van der Waals surface area contributed by atoms with Gasteiger partial charge in [0.25, 0.3) is 5.91 Å². The molecular formula is C19H14N2O2. The van der Waals surface area contributed by atoms with Gasteiger partial charge in [0.2, 0.25) is 0 Å². The number of carbonyl (C=O) groups is 2. The molecule has 4 heteroatoms. The summed E-state index contributed by atoms with van der Waals surface area (Å²) in [6, 6.07) is 13.9. The zero-order valence-corrected chi connectivity index (χ0v) is 12.6. The maximum Gasteiger partial charge on any atom is 0.274 e. The molecular weight excluding hydrogens is 288 g/mol. The second-order valence-corrected chi connectivity index (χ2v) is 5.74. The van der Waals surface area contributed by atoms with Crippen molar-refractivity contribution >= 4 is 28.2 Å². The highest BCUT2D eigenvalue weighted by atomic mass is 16.2. The Morgan fingerprint density at radius 2 is 1.65 bits per heavy atom.